The highest BCUT2D eigenvalue weighted by molar-refractivity contribution is 5.86. The Kier molecular flexibility index (Phi) is 6.26. The Labute approximate surface area is 198 Å². The van der Waals surface area contributed by atoms with Crippen LogP contribution < -0.4 is 10.6 Å². The third kappa shape index (κ3) is 4.65. The molecule has 2 aromatic rings. The number of rotatable bonds is 8. The van der Waals surface area contributed by atoms with Crippen molar-refractivity contribution >= 4 is 18.0 Å². The lowest BCUT2D eigenvalue weighted by molar-refractivity contribution is -0.142. The molecule has 5 rings (SSSR count). The van der Waals surface area contributed by atoms with Crippen LogP contribution in [-0.2, 0) is 14.3 Å². The number of amides is 2. The number of ether oxygens (including phenoxy) is 1. The number of alkyl carbamates (subject to hydrolysis) is 1. The number of hydrogen-bond donors (Lipinski definition) is 3. The van der Waals surface area contributed by atoms with Gasteiger partial charge in [0.1, 0.15) is 12.6 Å². The number of fused-ring (bicyclic) bond motifs is 3. The van der Waals surface area contributed by atoms with Gasteiger partial charge in [0.2, 0.25) is 5.91 Å². The monoisotopic (exact) mass is 462 g/mol. The number of carbonyl (C=O) groups excluding carboxylic acids is 2. The highest BCUT2D eigenvalue weighted by Crippen LogP contribution is 2.44. The first kappa shape index (κ1) is 22.4. The summed E-state index contributed by atoms with van der Waals surface area (Å²) in [6.45, 7) is 0.214. The van der Waals surface area contributed by atoms with Crippen LogP contribution in [0.1, 0.15) is 55.6 Å². The van der Waals surface area contributed by atoms with Crippen molar-refractivity contribution in [3.63, 3.8) is 0 Å². The largest absolute Gasteiger partial charge is 0.480 e. The van der Waals surface area contributed by atoms with Crippen molar-refractivity contribution in [1.29, 1.82) is 0 Å². The van der Waals surface area contributed by atoms with Gasteiger partial charge in [0.25, 0.3) is 0 Å². The molecular formula is C27H30N2O5. The number of hydrogen-bond acceptors (Lipinski definition) is 4. The number of carboxylic acids is 1. The van der Waals surface area contributed by atoms with E-state index >= 15 is 0 Å². The topological polar surface area (TPSA) is 105 Å². The van der Waals surface area contributed by atoms with E-state index in [1.165, 1.54) is 11.1 Å². The van der Waals surface area contributed by atoms with Gasteiger partial charge >= 0.3 is 12.1 Å². The fraction of sp³-hybridized carbons (Fsp3) is 0.444. The van der Waals surface area contributed by atoms with Crippen molar-refractivity contribution < 1.29 is 24.2 Å². The quantitative estimate of drug-likeness (QED) is 0.549. The Bertz CT molecular complexity index is 1050. The summed E-state index contributed by atoms with van der Waals surface area (Å²) in [5.41, 5.74) is 4.62. The van der Waals surface area contributed by atoms with E-state index in [0.717, 1.165) is 30.4 Å². The van der Waals surface area contributed by atoms with E-state index in [2.05, 4.69) is 34.9 Å². The molecule has 3 aliphatic carbocycles. The number of nitrogens with one attached hydrogen (secondary N) is 2. The SMILES string of the molecule is O=C(N[C@H]1CCC[C@H]1C(=O)NC(CC1CC1)C(=O)O)OCC1c2ccccc2-c2ccccc21. The molecule has 3 N–H and O–H groups in total. The summed E-state index contributed by atoms with van der Waals surface area (Å²) in [5, 5.41) is 15.0. The van der Waals surface area contributed by atoms with Crippen LogP contribution in [0.25, 0.3) is 11.1 Å². The lowest BCUT2D eigenvalue weighted by Crippen LogP contribution is -2.49. The molecule has 0 spiro atoms. The van der Waals surface area contributed by atoms with Gasteiger partial charge in [-0.1, -0.05) is 67.8 Å². The maximum atomic E-state index is 12.8. The third-order valence-corrected chi connectivity index (χ3v) is 7.38. The van der Waals surface area contributed by atoms with Gasteiger partial charge in [0.05, 0.1) is 5.92 Å². The summed E-state index contributed by atoms with van der Waals surface area (Å²) in [6.07, 6.45) is 4.06. The molecule has 34 heavy (non-hydrogen) atoms. The third-order valence-electron chi connectivity index (χ3n) is 7.38. The van der Waals surface area contributed by atoms with Gasteiger partial charge in [-0.3, -0.25) is 4.79 Å². The number of carboxylic acid groups (broad SMARTS) is 1. The predicted molar refractivity (Wildman–Crippen MR) is 126 cm³/mol. The maximum absolute atomic E-state index is 12.8. The van der Waals surface area contributed by atoms with Gasteiger partial charge in [-0.25, -0.2) is 9.59 Å². The van der Waals surface area contributed by atoms with Crippen LogP contribution >= 0.6 is 0 Å². The highest BCUT2D eigenvalue weighted by atomic mass is 16.5. The summed E-state index contributed by atoms with van der Waals surface area (Å²) in [4.78, 5) is 37.1. The van der Waals surface area contributed by atoms with Crippen molar-refractivity contribution in [1.82, 2.24) is 10.6 Å². The fourth-order valence-electron chi connectivity index (χ4n) is 5.43. The Hall–Kier alpha value is -3.35. The summed E-state index contributed by atoms with van der Waals surface area (Å²) in [6, 6.07) is 15.1. The van der Waals surface area contributed by atoms with E-state index in [9.17, 15) is 19.5 Å². The lowest BCUT2D eigenvalue weighted by Gasteiger charge is -2.23. The molecule has 2 amide bonds. The lowest BCUT2D eigenvalue weighted by atomic mass is 9.98. The van der Waals surface area contributed by atoms with E-state index in [-0.39, 0.29) is 24.5 Å². The Morgan fingerprint density at radius 1 is 0.941 bits per heavy atom. The van der Waals surface area contributed by atoms with Crippen LogP contribution in [0.2, 0.25) is 0 Å². The second kappa shape index (κ2) is 9.49. The Balaban J connectivity index is 1.18. The molecule has 2 aromatic carbocycles. The molecule has 3 atom stereocenters. The molecule has 0 saturated heterocycles. The average molecular weight is 463 g/mol. The molecule has 1 unspecified atom stereocenters. The minimum atomic E-state index is -1.00. The van der Waals surface area contributed by atoms with Crippen LogP contribution in [0.15, 0.2) is 48.5 Å². The number of aliphatic carboxylic acids is 1. The van der Waals surface area contributed by atoms with Crippen molar-refractivity contribution in [3.05, 3.63) is 59.7 Å². The van der Waals surface area contributed by atoms with Crippen molar-refractivity contribution in [2.45, 2.75) is 56.5 Å². The molecule has 0 bridgehead atoms. The minimum Gasteiger partial charge on any atom is -0.480 e. The zero-order chi connectivity index (χ0) is 23.7. The van der Waals surface area contributed by atoms with Crippen molar-refractivity contribution in [2.75, 3.05) is 6.61 Å². The molecule has 0 aliphatic heterocycles. The van der Waals surface area contributed by atoms with Crippen molar-refractivity contribution in [3.8, 4) is 11.1 Å². The maximum Gasteiger partial charge on any atom is 0.407 e. The molecule has 7 nitrogen and oxygen atoms in total. The first-order valence-electron chi connectivity index (χ1n) is 12.2. The second-order valence-electron chi connectivity index (χ2n) is 9.69. The average Bonchev–Trinajstić information content (AvgIpc) is 3.43. The normalized spacial score (nSPS) is 21.9. The zero-order valence-electron chi connectivity index (χ0n) is 19.0. The van der Waals surface area contributed by atoms with Crippen LogP contribution in [0.3, 0.4) is 0 Å². The van der Waals surface area contributed by atoms with Gasteiger partial charge in [-0.05, 0) is 47.4 Å². The second-order valence-corrected chi connectivity index (χ2v) is 9.69. The van der Waals surface area contributed by atoms with E-state index in [0.29, 0.717) is 25.2 Å². The standard InChI is InChI=1S/C27H30N2O5/c30-25(28-24(26(31)32)14-16-12-13-16)21-10-5-11-23(21)29-27(33)34-15-22-19-8-3-1-6-17(19)18-7-2-4-9-20(18)22/h1-4,6-9,16,21-24H,5,10-15H2,(H,28,30)(H,29,33)(H,31,32)/t21-,23+,24?/m1/s1. The van der Waals surface area contributed by atoms with Gasteiger partial charge < -0.3 is 20.5 Å². The molecular weight excluding hydrogens is 432 g/mol. The smallest absolute Gasteiger partial charge is 0.407 e. The molecule has 178 valence electrons. The van der Waals surface area contributed by atoms with E-state index < -0.39 is 24.0 Å². The van der Waals surface area contributed by atoms with Crippen molar-refractivity contribution in [2.24, 2.45) is 11.8 Å². The van der Waals surface area contributed by atoms with Crippen LogP contribution in [0.5, 0.6) is 0 Å². The Morgan fingerprint density at radius 2 is 1.59 bits per heavy atom. The summed E-state index contributed by atoms with van der Waals surface area (Å²) >= 11 is 0. The first-order chi connectivity index (χ1) is 16.5. The molecule has 0 radical (unpaired) electrons. The molecule has 3 aliphatic rings. The molecule has 2 saturated carbocycles. The predicted octanol–water partition coefficient (Wildman–Crippen LogP) is 4.06. The molecule has 0 aromatic heterocycles. The van der Waals surface area contributed by atoms with Crippen LogP contribution in [-0.4, -0.2) is 41.8 Å². The minimum absolute atomic E-state index is 0.0282. The molecule has 7 heteroatoms. The van der Waals surface area contributed by atoms with Gasteiger partial charge in [0, 0.05) is 12.0 Å². The number of benzene rings is 2. The fourth-order valence-corrected chi connectivity index (χ4v) is 5.43. The van der Waals surface area contributed by atoms with Crippen LogP contribution in [0, 0.1) is 11.8 Å². The highest BCUT2D eigenvalue weighted by Gasteiger charge is 2.38. The number of carbonyl (C=O) groups is 3. The van der Waals surface area contributed by atoms with E-state index in [4.69, 9.17) is 4.74 Å². The summed E-state index contributed by atoms with van der Waals surface area (Å²) in [5.74, 6) is -1.38. The van der Waals surface area contributed by atoms with Gasteiger partial charge in [-0.2, -0.15) is 0 Å². The zero-order valence-corrected chi connectivity index (χ0v) is 19.0. The summed E-state index contributed by atoms with van der Waals surface area (Å²) in [7, 11) is 0. The molecule has 2 fully saturated rings. The van der Waals surface area contributed by atoms with E-state index in [1.54, 1.807) is 0 Å². The van der Waals surface area contributed by atoms with Gasteiger partial charge in [0.15, 0.2) is 0 Å². The first-order valence-corrected chi connectivity index (χ1v) is 12.2. The van der Waals surface area contributed by atoms with Crippen LogP contribution in [0.4, 0.5) is 4.79 Å². The summed E-state index contributed by atoms with van der Waals surface area (Å²) < 4.78 is 5.63. The van der Waals surface area contributed by atoms with E-state index in [1.807, 2.05) is 24.3 Å². The Morgan fingerprint density at radius 3 is 2.21 bits per heavy atom. The van der Waals surface area contributed by atoms with Gasteiger partial charge in [-0.15, -0.1) is 0 Å². The molecule has 0 heterocycles.